The van der Waals surface area contributed by atoms with Crippen molar-refractivity contribution < 1.29 is 28.0 Å². The molecular weight excluding hydrogens is 376 g/mol. The predicted octanol–water partition coefficient (Wildman–Crippen LogP) is 3.19. The monoisotopic (exact) mass is 387 g/mol. The van der Waals surface area contributed by atoms with E-state index in [1.165, 1.54) is 6.07 Å². The summed E-state index contributed by atoms with van der Waals surface area (Å²) in [5, 5.41) is 22.7. The molecule has 0 radical (unpaired) electrons. The molecule has 0 saturated heterocycles. The van der Waals surface area contributed by atoms with Gasteiger partial charge in [0.15, 0.2) is 11.5 Å². The number of halogens is 2. The SMILES string of the molecule is N#C/C(=C/c1cc(F)ccc1F)C(=O)Nc1cc2c(cc1[N+](=O)[O-])OCCO2. The van der Waals surface area contributed by atoms with Crippen LogP contribution in [0, 0.1) is 33.1 Å². The normalized spacial score (nSPS) is 12.8. The Bertz CT molecular complexity index is 1050. The van der Waals surface area contributed by atoms with Gasteiger partial charge in [-0.1, -0.05) is 0 Å². The van der Waals surface area contributed by atoms with Crippen molar-refractivity contribution >= 4 is 23.4 Å². The van der Waals surface area contributed by atoms with E-state index in [9.17, 15) is 29.0 Å². The molecule has 0 fully saturated rings. The Balaban J connectivity index is 1.95. The molecule has 0 saturated carbocycles. The highest BCUT2D eigenvalue weighted by Crippen LogP contribution is 2.39. The number of hydrogen-bond donors (Lipinski definition) is 1. The Morgan fingerprint density at radius 3 is 2.54 bits per heavy atom. The van der Waals surface area contributed by atoms with Gasteiger partial charge in [-0.25, -0.2) is 8.78 Å². The summed E-state index contributed by atoms with van der Waals surface area (Å²) in [6.07, 6.45) is 0.845. The average Bonchev–Trinajstić information content (AvgIpc) is 2.67. The van der Waals surface area contributed by atoms with Crippen LogP contribution in [0.4, 0.5) is 20.2 Å². The maximum Gasteiger partial charge on any atom is 0.296 e. The number of hydrogen-bond acceptors (Lipinski definition) is 6. The molecular formula is C18H11F2N3O5. The number of carbonyl (C=O) groups is 1. The summed E-state index contributed by atoms with van der Waals surface area (Å²) in [4.78, 5) is 22.9. The first-order valence-electron chi connectivity index (χ1n) is 7.85. The van der Waals surface area contributed by atoms with Crippen molar-refractivity contribution in [1.82, 2.24) is 0 Å². The van der Waals surface area contributed by atoms with Gasteiger partial charge in [0.05, 0.1) is 11.0 Å². The number of nitro benzene ring substituents is 1. The molecule has 1 aliphatic rings. The van der Waals surface area contributed by atoms with Crippen molar-refractivity contribution in [2.45, 2.75) is 0 Å². The van der Waals surface area contributed by atoms with Crippen LogP contribution in [0.25, 0.3) is 6.08 Å². The molecule has 0 spiro atoms. The van der Waals surface area contributed by atoms with Crippen molar-refractivity contribution in [3.05, 3.63) is 63.2 Å². The number of anilines is 1. The van der Waals surface area contributed by atoms with Crippen molar-refractivity contribution in [1.29, 1.82) is 5.26 Å². The molecule has 0 aliphatic carbocycles. The lowest BCUT2D eigenvalue weighted by Crippen LogP contribution is -2.18. The minimum Gasteiger partial charge on any atom is -0.486 e. The maximum absolute atomic E-state index is 13.7. The molecule has 2 aromatic carbocycles. The summed E-state index contributed by atoms with van der Waals surface area (Å²) < 4.78 is 37.6. The van der Waals surface area contributed by atoms with E-state index in [-0.39, 0.29) is 36.0 Å². The van der Waals surface area contributed by atoms with Crippen LogP contribution in [0.15, 0.2) is 35.9 Å². The van der Waals surface area contributed by atoms with Gasteiger partial charge in [-0.2, -0.15) is 5.26 Å². The van der Waals surface area contributed by atoms with E-state index in [0.717, 1.165) is 30.3 Å². The number of nitrogens with zero attached hydrogens (tertiary/aromatic N) is 2. The minimum absolute atomic E-state index is 0.147. The molecule has 0 atom stereocenters. The number of nitriles is 1. The topological polar surface area (TPSA) is 114 Å². The number of nitro groups is 1. The number of carbonyl (C=O) groups excluding carboxylic acids is 1. The second-order valence-electron chi connectivity index (χ2n) is 5.56. The van der Waals surface area contributed by atoms with Crippen LogP contribution in [0.3, 0.4) is 0 Å². The molecule has 28 heavy (non-hydrogen) atoms. The van der Waals surface area contributed by atoms with Gasteiger partial charge in [0.1, 0.15) is 42.2 Å². The van der Waals surface area contributed by atoms with Crippen LogP contribution in [-0.2, 0) is 4.79 Å². The fraction of sp³-hybridized carbons (Fsp3) is 0.111. The van der Waals surface area contributed by atoms with E-state index >= 15 is 0 Å². The first-order chi connectivity index (χ1) is 13.4. The molecule has 10 heteroatoms. The fourth-order valence-corrected chi connectivity index (χ4v) is 2.45. The highest BCUT2D eigenvalue weighted by atomic mass is 19.1. The zero-order valence-corrected chi connectivity index (χ0v) is 14.1. The highest BCUT2D eigenvalue weighted by Gasteiger charge is 2.24. The Kier molecular flexibility index (Phi) is 5.17. The second kappa shape index (κ2) is 7.71. The third kappa shape index (κ3) is 3.88. The molecule has 2 aromatic rings. The Labute approximate surface area is 156 Å². The molecule has 1 heterocycles. The number of rotatable bonds is 4. The Hall–Kier alpha value is -4.00. The van der Waals surface area contributed by atoms with Crippen molar-refractivity contribution in [2.24, 2.45) is 0 Å². The van der Waals surface area contributed by atoms with Gasteiger partial charge in [-0.05, 0) is 24.3 Å². The molecule has 142 valence electrons. The van der Waals surface area contributed by atoms with Crippen LogP contribution >= 0.6 is 0 Å². The standard InChI is InChI=1S/C18H11F2N3O5/c19-12-1-2-13(20)10(6-12)5-11(9-21)18(24)22-14-7-16-17(28-4-3-27-16)8-15(14)23(25)26/h1-2,5-8H,3-4H2,(H,22,24)/b11-5-. The molecule has 1 N–H and O–H groups in total. The lowest BCUT2D eigenvalue weighted by molar-refractivity contribution is -0.384. The molecule has 0 unspecified atom stereocenters. The summed E-state index contributed by atoms with van der Waals surface area (Å²) in [7, 11) is 0. The fourth-order valence-electron chi connectivity index (χ4n) is 2.45. The molecule has 0 bridgehead atoms. The zero-order chi connectivity index (χ0) is 20.3. The van der Waals surface area contributed by atoms with E-state index in [1.807, 2.05) is 0 Å². The van der Waals surface area contributed by atoms with Gasteiger partial charge in [0.2, 0.25) is 0 Å². The van der Waals surface area contributed by atoms with Crippen LogP contribution in [0.2, 0.25) is 0 Å². The van der Waals surface area contributed by atoms with Gasteiger partial charge in [-0.15, -0.1) is 0 Å². The highest BCUT2D eigenvalue weighted by molar-refractivity contribution is 6.10. The van der Waals surface area contributed by atoms with E-state index in [2.05, 4.69) is 5.32 Å². The first kappa shape index (κ1) is 18.8. The maximum atomic E-state index is 13.7. The van der Waals surface area contributed by atoms with E-state index in [1.54, 1.807) is 6.07 Å². The van der Waals surface area contributed by atoms with Crippen LogP contribution in [0.1, 0.15) is 5.56 Å². The first-order valence-corrected chi connectivity index (χ1v) is 7.85. The number of benzene rings is 2. The third-order valence-electron chi connectivity index (χ3n) is 3.73. The van der Waals surface area contributed by atoms with Crippen molar-refractivity contribution in [3.63, 3.8) is 0 Å². The number of fused-ring (bicyclic) bond motifs is 1. The molecule has 1 amide bonds. The summed E-state index contributed by atoms with van der Waals surface area (Å²) in [5.74, 6) is -2.30. The summed E-state index contributed by atoms with van der Waals surface area (Å²) in [5.41, 5.74) is -1.61. The lowest BCUT2D eigenvalue weighted by atomic mass is 10.1. The van der Waals surface area contributed by atoms with Crippen LogP contribution < -0.4 is 14.8 Å². The molecule has 0 aromatic heterocycles. The van der Waals surface area contributed by atoms with Crippen LogP contribution in [0.5, 0.6) is 11.5 Å². The summed E-state index contributed by atoms with van der Waals surface area (Å²) in [6, 6.07) is 6.39. The number of amides is 1. The largest absolute Gasteiger partial charge is 0.486 e. The third-order valence-corrected chi connectivity index (χ3v) is 3.73. The Morgan fingerprint density at radius 2 is 1.89 bits per heavy atom. The van der Waals surface area contributed by atoms with Gasteiger partial charge in [0.25, 0.3) is 11.6 Å². The zero-order valence-electron chi connectivity index (χ0n) is 14.1. The second-order valence-corrected chi connectivity index (χ2v) is 5.56. The van der Waals surface area contributed by atoms with Gasteiger partial charge in [-0.3, -0.25) is 14.9 Å². The lowest BCUT2D eigenvalue weighted by Gasteiger charge is -2.19. The predicted molar refractivity (Wildman–Crippen MR) is 92.7 cm³/mol. The van der Waals surface area contributed by atoms with E-state index in [4.69, 9.17) is 9.47 Å². The average molecular weight is 387 g/mol. The van der Waals surface area contributed by atoms with Gasteiger partial charge < -0.3 is 14.8 Å². The van der Waals surface area contributed by atoms with E-state index in [0.29, 0.717) is 0 Å². The van der Waals surface area contributed by atoms with E-state index < -0.39 is 33.7 Å². The van der Waals surface area contributed by atoms with Gasteiger partial charge >= 0.3 is 0 Å². The van der Waals surface area contributed by atoms with Crippen LogP contribution in [-0.4, -0.2) is 24.0 Å². The molecule has 3 rings (SSSR count). The minimum atomic E-state index is -1.04. The van der Waals surface area contributed by atoms with Crippen molar-refractivity contribution in [2.75, 3.05) is 18.5 Å². The van der Waals surface area contributed by atoms with Gasteiger partial charge in [0, 0.05) is 11.6 Å². The number of nitrogens with one attached hydrogen (secondary N) is 1. The quantitative estimate of drug-likeness (QED) is 0.373. The smallest absolute Gasteiger partial charge is 0.296 e. The summed E-state index contributed by atoms with van der Waals surface area (Å²) in [6.45, 7) is 0.441. The number of ether oxygens (including phenoxy) is 2. The van der Waals surface area contributed by atoms with Crippen molar-refractivity contribution in [3.8, 4) is 17.6 Å². The summed E-state index contributed by atoms with van der Waals surface area (Å²) >= 11 is 0. The molecule has 1 aliphatic heterocycles. The Morgan fingerprint density at radius 1 is 1.21 bits per heavy atom. The molecule has 8 nitrogen and oxygen atoms in total.